The number of hydrogen-bond acceptors (Lipinski definition) is 3. The van der Waals surface area contributed by atoms with E-state index in [1.54, 1.807) is 6.26 Å². The molecule has 1 fully saturated rings. The summed E-state index contributed by atoms with van der Waals surface area (Å²) in [6.45, 7) is 2.86. The summed E-state index contributed by atoms with van der Waals surface area (Å²) < 4.78 is 6.06. The first-order valence-electron chi connectivity index (χ1n) is 4.90. The highest BCUT2D eigenvalue weighted by molar-refractivity contribution is 9.10. The Labute approximate surface area is 91.8 Å². The summed E-state index contributed by atoms with van der Waals surface area (Å²) in [5.74, 6) is 0.636. The summed E-state index contributed by atoms with van der Waals surface area (Å²) >= 11 is 3.34. The molecule has 1 aromatic heterocycles. The average Bonchev–Trinajstić information content (AvgIpc) is 2.75. The van der Waals surface area contributed by atoms with Crippen LogP contribution in [-0.2, 0) is 0 Å². The first-order chi connectivity index (χ1) is 6.77. The molecule has 2 heterocycles. The molecule has 3 nitrogen and oxygen atoms in total. The van der Waals surface area contributed by atoms with E-state index in [1.165, 1.54) is 12.8 Å². The van der Waals surface area contributed by atoms with Gasteiger partial charge in [-0.1, -0.05) is 0 Å². The van der Waals surface area contributed by atoms with Crippen molar-refractivity contribution in [3.8, 4) is 0 Å². The Hall–Kier alpha value is -0.320. The van der Waals surface area contributed by atoms with Crippen molar-refractivity contribution in [2.75, 3.05) is 19.6 Å². The van der Waals surface area contributed by atoms with Crippen LogP contribution >= 0.6 is 15.9 Å². The van der Waals surface area contributed by atoms with Gasteiger partial charge < -0.3 is 14.4 Å². The van der Waals surface area contributed by atoms with Gasteiger partial charge in [0.1, 0.15) is 11.9 Å². The van der Waals surface area contributed by atoms with Gasteiger partial charge in [0.05, 0.1) is 10.7 Å². The summed E-state index contributed by atoms with van der Waals surface area (Å²) in [5.41, 5.74) is 0. The maximum Gasteiger partial charge on any atom is 0.147 e. The molecular formula is C10H14BrNO2. The molecule has 1 atom stereocenters. The zero-order valence-electron chi connectivity index (χ0n) is 7.95. The molecule has 0 amide bonds. The number of furan rings is 1. The third kappa shape index (κ3) is 2.19. The minimum absolute atomic E-state index is 0.516. The van der Waals surface area contributed by atoms with Crippen LogP contribution in [0.4, 0.5) is 0 Å². The molecule has 0 bridgehead atoms. The third-order valence-corrected chi connectivity index (χ3v) is 3.23. The number of halogens is 1. The van der Waals surface area contributed by atoms with Crippen LogP contribution < -0.4 is 0 Å². The summed E-state index contributed by atoms with van der Waals surface area (Å²) in [4.78, 5) is 2.26. The summed E-state index contributed by atoms with van der Waals surface area (Å²) in [5, 5.41) is 9.89. The Morgan fingerprint density at radius 2 is 2.21 bits per heavy atom. The molecule has 0 aromatic carbocycles. The smallest absolute Gasteiger partial charge is 0.147 e. The van der Waals surface area contributed by atoms with Crippen molar-refractivity contribution in [3.63, 3.8) is 0 Å². The molecule has 0 radical (unpaired) electrons. The van der Waals surface area contributed by atoms with Crippen LogP contribution in [0.5, 0.6) is 0 Å². The summed E-state index contributed by atoms with van der Waals surface area (Å²) in [6, 6.07) is 1.81. The number of likely N-dealkylation sites (tertiary alicyclic amines) is 1. The largest absolute Gasteiger partial charge is 0.465 e. The van der Waals surface area contributed by atoms with E-state index < -0.39 is 6.10 Å². The van der Waals surface area contributed by atoms with Crippen molar-refractivity contribution in [1.82, 2.24) is 4.90 Å². The predicted octanol–water partition coefficient (Wildman–Crippen LogP) is 2.17. The molecule has 1 N–H and O–H groups in total. The van der Waals surface area contributed by atoms with Gasteiger partial charge >= 0.3 is 0 Å². The lowest BCUT2D eigenvalue weighted by Crippen LogP contribution is -2.25. The second kappa shape index (κ2) is 4.47. The van der Waals surface area contributed by atoms with Gasteiger partial charge in [-0.25, -0.2) is 0 Å². The average molecular weight is 260 g/mol. The van der Waals surface area contributed by atoms with E-state index >= 15 is 0 Å². The molecule has 1 aromatic rings. The second-order valence-electron chi connectivity index (χ2n) is 3.66. The van der Waals surface area contributed by atoms with E-state index in [9.17, 15) is 5.11 Å². The number of aliphatic hydroxyl groups excluding tert-OH is 1. The fraction of sp³-hybridized carbons (Fsp3) is 0.600. The molecule has 1 saturated heterocycles. The van der Waals surface area contributed by atoms with E-state index in [-0.39, 0.29) is 0 Å². The monoisotopic (exact) mass is 259 g/mol. The summed E-state index contributed by atoms with van der Waals surface area (Å²) in [6.07, 6.45) is 3.56. The van der Waals surface area contributed by atoms with Crippen LogP contribution in [0, 0.1) is 0 Å². The molecule has 78 valence electrons. The van der Waals surface area contributed by atoms with E-state index in [0.717, 1.165) is 17.6 Å². The lowest BCUT2D eigenvalue weighted by atomic mass is 10.2. The SMILES string of the molecule is OC(CN1CCCC1)c1occc1Br. The fourth-order valence-corrected chi connectivity index (χ4v) is 2.30. The minimum atomic E-state index is -0.516. The fourth-order valence-electron chi connectivity index (χ4n) is 1.84. The van der Waals surface area contributed by atoms with Gasteiger partial charge in [0, 0.05) is 6.54 Å². The van der Waals surface area contributed by atoms with Gasteiger partial charge in [-0.05, 0) is 47.9 Å². The molecular weight excluding hydrogens is 246 g/mol. The van der Waals surface area contributed by atoms with Gasteiger partial charge in [0.2, 0.25) is 0 Å². The maximum atomic E-state index is 9.89. The number of aliphatic hydroxyl groups is 1. The highest BCUT2D eigenvalue weighted by Gasteiger charge is 2.20. The third-order valence-electron chi connectivity index (χ3n) is 2.58. The number of β-amino-alcohol motifs (C(OH)–C–C–N with tert-alkyl or cyclic N) is 1. The minimum Gasteiger partial charge on any atom is -0.465 e. The van der Waals surface area contributed by atoms with Crippen LogP contribution in [0.2, 0.25) is 0 Å². The van der Waals surface area contributed by atoms with Crippen molar-refractivity contribution >= 4 is 15.9 Å². The van der Waals surface area contributed by atoms with Crippen LogP contribution in [0.1, 0.15) is 24.7 Å². The van der Waals surface area contributed by atoms with Crippen LogP contribution in [0.15, 0.2) is 21.2 Å². The second-order valence-corrected chi connectivity index (χ2v) is 4.51. The number of rotatable bonds is 3. The molecule has 1 aliphatic rings. The first-order valence-corrected chi connectivity index (χ1v) is 5.70. The highest BCUT2D eigenvalue weighted by Crippen LogP contribution is 2.25. The Bertz CT molecular complexity index is 294. The molecule has 1 aliphatic heterocycles. The lowest BCUT2D eigenvalue weighted by molar-refractivity contribution is 0.105. The quantitative estimate of drug-likeness (QED) is 0.904. The zero-order chi connectivity index (χ0) is 9.97. The summed E-state index contributed by atoms with van der Waals surface area (Å²) in [7, 11) is 0. The normalized spacial score (nSPS) is 20.1. The van der Waals surface area contributed by atoms with Crippen LogP contribution in [0.3, 0.4) is 0 Å². The highest BCUT2D eigenvalue weighted by atomic mass is 79.9. The van der Waals surface area contributed by atoms with Gasteiger partial charge in [0.15, 0.2) is 0 Å². The Balaban J connectivity index is 1.95. The maximum absolute atomic E-state index is 9.89. The standard InChI is InChI=1S/C10H14BrNO2/c11-8-3-6-14-10(8)9(13)7-12-4-1-2-5-12/h3,6,9,13H,1-2,4-5,7H2. The molecule has 0 saturated carbocycles. The predicted molar refractivity (Wildman–Crippen MR) is 57.0 cm³/mol. The van der Waals surface area contributed by atoms with Gasteiger partial charge in [0.25, 0.3) is 0 Å². The van der Waals surface area contributed by atoms with E-state index in [1.807, 2.05) is 6.07 Å². The van der Waals surface area contributed by atoms with E-state index in [4.69, 9.17) is 4.42 Å². The van der Waals surface area contributed by atoms with Crippen molar-refractivity contribution < 1.29 is 9.52 Å². The molecule has 1 unspecified atom stereocenters. The molecule has 14 heavy (non-hydrogen) atoms. The zero-order valence-corrected chi connectivity index (χ0v) is 9.53. The van der Waals surface area contributed by atoms with E-state index in [0.29, 0.717) is 12.3 Å². The van der Waals surface area contributed by atoms with Crippen molar-refractivity contribution in [1.29, 1.82) is 0 Å². The van der Waals surface area contributed by atoms with Crippen molar-refractivity contribution in [2.45, 2.75) is 18.9 Å². The molecule has 2 rings (SSSR count). The molecule has 0 spiro atoms. The van der Waals surface area contributed by atoms with Gasteiger partial charge in [-0.2, -0.15) is 0 Å². The molecule has 4 heteroatoms. The number of hydrogen-bond donors (Lipinski definition) is 1. The van der Waals surface area contributed by atoms with Crippen molar-refractivity contribution in [3.05, 3.63) is 22.6 Å². The topological polar surface area (TPSA) is 36.6 Å². The molecule has 0 aliphatic carbocycles. The van der Waals surface area contributed by atoms with Crippen molar-refractivity contribution in [2.24, 2.45) is 0 Å². The number of nitrogens with zero attached hydrogens (tertiary/aromatic N) is 1. The van der Waals surface area contributed by atoms with Crippen LogP contribution in [0.25, 0.3) is 0 Å². The Morgan fingerprint density at radius 3 is 2.79 bits per heavy atom. The first kappa shape index (κ1) is 10.2. The van der Waals surface area contributed by atoms with Gasteiger partial charge in [-0.15, -0.1) is 0 Å². The van der Waals surface area contributed by atoms with Crippen LogP contribution in [-0.4, -0.2) is 29.6 Å². The Kier molecular flexibility index (Phi) is 3.26. The Morgan fingerprint density at radius 1 is 1.50 bits per heavy atom. The lowest BCUT2D eigenvalue weighted by Gasteiger charge is -2.17. The van der Waals surface area contributed by atoms with Gasteiger partial charge in [-0.3, -0.25) is 0 Å². The van der Waals surface area contributed by atoms with E-state index in [2.05, 4.69) is 20.8 Å².